The van der Waals surface area contributed by atoms with Crippen molar-refractivity contribution in [1.82, 2.24) is 0 Å². The summed E-state index contributed by atoms with van der Waals surface area (Å²) in [6.45, 7) is 4.27. The van der Waals surface area contributed by atoms with Gasteiger partial charge in [-0.1, -0.05) is 25.5 Å². The Kier molecular flexibility index (Phi) is 4.94. The number of halogens is 1. The van der Waals surface area contributed by atoms with Crippen LogP contribution in [-0.2, 0) is 19.4 Å². The Balaban J connectivity index is 1.59. The molecule has 0 amide bonds. The number of fused-ring (bicyclic) bond motifs is 3. The van der Waals surface area contributed by atoms with Crippen molar-refractivity contribution in [1.29, 1.82) is 0 Å². The van der Waals surface area contributed by atoms with Gasteiger partial charge < -0.3 is 9.15 Å². The van der Waals surface area contributed by atoms with E-state index in [0.29, 0.717) is 12.3 Å². The standard InChI is InChI=1S/C22H22FNO3/c1-2-3-16-12-21(25)27-22-18(16)8-9-20-19(22)13-24(14-26-20)11-10-15-4-6-17(23)7-5-15/h4-9,12H,2-3,10-11,13-14H2,1H3/p+1. The van der Waals surface area contributed by atoms with Gasteiger partial charge in [0.15, 0.2) is 5.58 Å². The van der Waals surface area contributed by atoms with Crippen molar-refractivity contribution in [2.24, 2.45) is 0 Å². The first-order valence-corrected chi connectivity index (χ1v) is 9.43. The topological polar surface area (TPSA) is 43.9 Å². The molecule has 0 aliphatic carbocycles. The quantitative estimate of drug-likeness (QED) is 0.705. The SMILES string of the molecule is CCCc1cc(=O)oc2c3c(ccc12)OC[NH+](CCc1ccc(F)cc1)C3. The van der Waals surface area contributed by atoms with Crippen molar-refractivity contribution in [3.63, 3.8) is 0 Å². The Labute approximate surface area is 157 Å². The van der Waals surface area contributed by atoms with E-state index in [1.165, 1.54) is 17.0 Å². The van der Waals surface area contributed by atoms with E-state index in [1.54, 1.807) is 6.07 Å². The minimum absolute atomic E-state index is 0.217. The van der Waals surface area contributed by atoms with E-state index in [-0.39, 0.29) is 11.4 Å². The van der Waals surface area contributed by atoms with Crippen LogP contribution in [0.3, 0.4) is 0 Å². The molecule has 2 heterocycles. The fraction of sp³-hybridized carbons (Fsp3) is 0.318. The number of nitrogens with one attached hydrogen (secondary N) is 1. The zero-order chi connectivity index (χ0) is 18.8. The van der Waals surface area contributed by atoms with Gasteiger partial charge in [0, 0.05) is 17.9 Å². The Hall–Kier alpha value is -2.66. The van der Waals surface area contributed by atoms with Gasteiger partial charge in [-0.25, -0.2) is 9.18 Å². The molecular formula is C22H23FNO3+. The fourth-order valence-corrected chi connectivity index (χ4v) is 3.72. The van der Waals surface area contributed by atoms with Crippen LogP contribution < -0.4 is 15.3 Å². The van der Waals surface area contributed by atoms with E-state index in [0.717, 1.165) is 60.2 Å². The Morgan fingerprint density at radius 3 is 2.70 bits per heavy atom. The van der Waals surface area contributed by atoms with Crippen LogP contribution >= 0.6 is 0 Å². The van der Waals surface area contributed by atoms with Crippen molar-refractivity contribution in [2.45, 2.75) is 32.7 Å². The molecule has 2 aromatic carbocycles. The number of ether oxygens (including phenoxy) is 1. The molecule has 1 aliphatic heterocycles. The average Bonchev–Trinajstić information content (AvgIpc) is 2.67. The molecule has 0 saturated carbocycles. The second-order valence-corrected chi connectivity index (χ2v) is 7.10. The maximum Gasteiger partial charge on any atom is 0.336 e. The van der Waals surface area contributed by atoms with Crippen molar-refractivity contribution in [3.05, 3.63) is 75.4 Å². The highest BCUT2D eigenvalue weighted by Crippen LogP contribution is 2.30. The molecule has 140 valence electrons. The van der Waals surface area contributed by atoms with Gasteiger partial charge in [0.25, 0.3) is 0 Å². The van der Waals surface area contributed by atoms with Crippen LogP contribution in [0.1, 0.15) is 30.0 Å². The molecule has 5 heteroatoms. The summed E-state index contributed by atoms with van der Waals surface area (Å²) in [5, 5.41) is 0.999. The van der Waals surface area contributed by atoms with Crippen LogP contribution in [0.2, 0.25) is 0 Å². The monoisotopic (exact) mass is 368 g/mol. The minimum Gasteiger partial charge on any atom is -0.445 e. The Bertz CT molecular complexity index is 1010. The molecule has 1 N–H and O–H groups in total. The second kappa shape index (κ2) is 7.53. The van der Waals surface area contributed by atoms with Crippen molar-refractivity contribution < 1.29 is 18.4 Å². The third-order valence-corrected chi connectivity index (χ3v) is 5.12. The number of quaternary nitrogens is 1. The summed E-state index contributed by atoms with van der Waals surface area (Å²) in [4.78, 5) is 13.3. The summed E-state index contributed by atoms with van der Waals surface area (Å²) >= 11 is 0. The number of hydrogen-bond acceptors (Lipinski definition) is 3. The summed E-state index contributed by atoms with van der Waals surface area (Å²) in [5.74, 6) is 0.579. The summed E-state index contributed by atoms with van der Waals surface area (Å²) in [5.41, 5.74) is 3.44. The van der Waals surface area contributed by atoms with Crippen molar-refractivity contribution in [3.8, 4) is 5.75 Å². The molecule has 0 bridgehead atoms. The predicted molar refractivity (Wildman–Crippen MR) is 102 cm³/mol. The number of aryl methyl sites for hydroxylation is 1. The average molecular weight is 368 g/mol. The lowest BCUT2D eigenvalue weighted by Gasteiger charge is -2.26. The molecule has 1 unspecified atom stereocenters. The van der Waals surface area contributed by atoms with Gasteiger partial charge in [-0.2, -0.15) is 0 Å². The second-order valence-electron chi connectivity index (χ2n) is 7.10. The highest BCUT2D eigenvalue weighted by molar-refractivity contribution is 5.85. The maximum absolute atomic E-state index is 13.1. The van der Waals surface area contributed by atoms with Gasteiger partial charge in [0.05, 0.1) is 12.1 Å². The van der Waals surface area contributed by atoms with Crippen LogP contribution in [0.15, 0.2) is 51.7 Å². The van der Waals surface area contributed by atoms with Crippen LogP contribution in [0.25, 0.3) is 11.0 Å². The molecule has 0 fully saturated rings. The van der Waals surface area contributed by atoms with Crippen molar-refractivity contribution >= 4 is 11.0 Å². The molecule has 4 rings (SSSR count). The van der Waals surface area contributed by atoms with Gasteiger partial charge in [-0.15, -0.1) is 0 Å². The van der Waals surface area contributed by atoms with Gasteiger partial charge >= 0.3 is 5.63 Å². The lowest BCUT2D eigenvalue weighted by atomic mass is 10.0. The highest BCUT2D eigenvalue weighted by Gasteiger charge is 2.24. The molecule has 3 aromatic rings. The van der Waals surface area contributed by atoms with E-state index in [2.05, 4.69) is 6.92 Å². The summed E-state index contributed by atoms with van der Waals surface area (Å²) < 4.78 is 24.6. The fourth-order valence-electron chi connectivity index (χ4n) is 3.72. The molecule has 0 spiro atoms. The largest absolute Gasteiger partial charge is 0.445 e. The number of hydrogen-bond donors (Lipinski definition) is 1. The zero-order valence-electron chi connectivity index (χ0n) is 15.4. The van der Waals surface area contributed by atoms with E-state index < -0.39 is 0 Å². The van der Waals surface area contributed by atoms with Gasteiger partial charge in [-0.05, 0) is 41.8 Å². The number of rotatable bonds is 5. The maximum atomic E-state index is 13.1. The lowest BCUT2D eigenvalue weighted by molar-refractivity contribution is -0.932. The third kappa shape index (κ3) is 3.74. The van der Waals surface area contributed by atoms with Gasteiger partial charge in [0.2, 0.25) is 6.73 Å². The van der Waals surface area contributed by atoms with Gasteiger partial charge in [0.1, 0.15) is 18.1 Å². The van der Waals surface area contributed by atoms with E-state index in [9.17, 15) is 9.18 Å². The minimum atomic E-state index is -0.308. The highest BCUT2D eigenvalue weighted by atomic mass is 19.1. The predicted octanol–water partition coefficient (Wildman–Crippen LogP) is 2.86. The van der Waals surface area contributed by atoms with Crippen LogP contribution in [0.5, 0.6) is 5.75 Å². The number of benzene rings is 2. The molecule has 1 atom stereocenters. The zero-order valence-corrected chi connectivity index (χ0v) is 15.4. The Morgan fingerprint density at radius 1 is 1.11 bits per heavy atom. The van der Waals surface area contributed by atoms with Gasteiger partial charge in [-0.3, -0.25) is 4.90 Å². The summed E-state index contributed by atoms with van der Waals surface area (Å²) in [7, 11) is 0. The van der Waals surface area contributed by atoms with Crippen molar-refractivity contribution in [2.75, 3.05) is 13.3 Å². The first-order chi connectivity index (χ1) is 13.1. The normalized spacial score (nSPS) is 16.1. The summed E-state index contributed by atoms with van der Waals surface area (Å²) in [6, 6.07) is 12.2. The Morgan fingerprint density at radius 2 is 1.93 bits per heavy atom. The van der Waals surface area contributed by atoms with Crippen LogP contribution in [0, 0.1) is 5.82 Å². The molecule has 1 aliphatic rings. The van der Waals surface area contributed by atoms with E-state index >= 15 is 0 Å². The first kappa shape index (κ1) is 17.7. The lowest BCUT2D eigenvalue weighted by Crippen LogP contribution is -3.12. The first-order valence-electron chi connectivity index (χ1n) is 9.43. The van der Waals surface area contributed by atoms with Crippen LogP contribution in [-0.4, -0.2) is 13.3 Å². The molecule has 4 nitrogen and oxygen atoms in total. The summed E-state index contributed by atoms with van der Waals surface area (Å²) in [6.07, 6.45) is 2.66. The molecule has 0 radical (unpaired) electrons. The third-order valence-electron chi connectivity index (χ3n) is 5.12. The van der Waals surface area contributed by atoms with E-state index in [4.69, 9.17) is 9.15 Å². The smallest absolute Gasteiger partial charge is 0.336 e. The van der Waals surface area contributed by atoms with Crippen LogP contribution in [0.4, 0.5) is 4.39 Å². The molecule has 0 saturated heterocycles. The molecule has 1 aromatic heterocycles. The molecular weight excluding hydrogens is 345 g/mol. The molecule has 27 heavy (non-hydrogen) atoms. The van der Waals surface area contributed by atoms with E-state index in [1.807, 2.05) is 24.3 Å².